The molecule has 0 amide bonds. The number of benzene rings is 4. The molecule has 0 saturated heterocycles. The highest BCUT2D eigenvalue weighted by molar-refractivity contribution is 7.20. The maximum Gasteiger partial charge on any atom is 0.0391 e. The van der Waals surface area contributed by atoms with Gasteiger partial charge in [0.1, 0.15) is 0 Å². The van der Waals surface area contributed by atoms with Crippen LogP contribution in [-0.4, -0.2) is 0 Å². The third kappa shape index (κ3) is 4.52. The first-order valence-electron chi connectivity index (χ1n) is 11.1. The maximum atomic E-state index is 4.06. The van der Waals surface area contributed by atoms with Gasteiger partial charge in [-0.3, -0.25) is 0 Å². The lowest BCUT2D eigenvalue weighted by Gasteiger charge is -2.09. The van der Waals surface area contributed by atoms with Crippen molar-refractivity contribution in [2.24, 2.45) is 0 Å². The Morgan fingerprint density at radius 3 is 2.09 bits per heavy atom. The molecule has 0 aliphatic heterocycles. The smallest absolute Gasteiger partial charge is 0.0391 e. The van der Waals surface area contributed by atoms with E-state index in [0.717, 1.165) is 11.4 Å². The Morgan fingerprint density at radius 1 is 0.758 bits per heavy atom. The predicted octanol–water partition coefficient (Wildman–Crippen LogP) is 9.52. The molecule has 1 aromatic heterocycles. The number of hydrogen-bond donors (Lipinski definition) is 1. The number of hydrogen-bond acceptors (Lipinski definition) is 2. The number of anilines is 2. The average molecular weight is 444 g/mol. The minimum atomic E-state index is 1.07. The van der Waals surface area contributed by atoms with Crippen molar-refractivity contribution in [2.75, 3.05) is 5.32 Å². The molecule has 4 aromatic carbocycles. The van der Waals surface area contributed by atoms with Gasteiger partial charge in [0.2, 0.25) is 0 Å². The second kappa shape index (κ2) is 9.32. The monoisotopic (exact) mass is 443 g/mol. The number of rotatable bonds is 6. The van der Waals surface area contributed by atoms with Gasteiger partial charge in [-0.05, 0) is 65.6 Å². The lowest BCUT2D eigenvalue weighted by atomic mass is 10.0. The summed E-state index contributed by atoms with van der Waals surface area (Å²) in [6.45, 7) is 6.22. The van der Waals surface area contributed by atoms with Crippen molar-refractivity contribution in [3.63, 3.8) is 0 Å². The summed E-state index contributed by atoms with van der Waals surface area (Å²) in [6.07, 6.45) is 4.24. The summed E-state index contributed by atoms with van der Waals surface area (Å²) >= 11 is 1.79. The van der Waals surface area contributed by atoms with Gasteiger partial charge in [-0.2, -0.15) is 0 Å². The second-order valence-electron chi connectivity index (χ2n) is 8.06. The van der Waals surface area contributed by atoms with Gasteiger partial charge in [0.15, 0.2) is 0 Å². The number of fused-ring (bicyclic) bond motifs is 1. The third-order valence-electron chi connectivity index (χ3n) is 5.81. The molecule has 0 radical (unpaired) electrons. The quantitative estimate of drug-likeness (QED) is 0.275. The fourth-order valence-electron chi connectivity index (χ4n) is 4.06. The molecule has 0 fully saturated rings. The first-order valence-corrected chi connectivity index (χ1v) is 11.9. The normalized spacial score (nSPS) is 11.5. The molecule has 0 aliphatic rings. The van der Waals surface area contributed by atoms with Crippen LogP contribution < -0.4 is 5.32 Å². The Balaban J connectivity index is 1.47. The SMILES string of the molecule is C=Cc1sc2ccc(Nc3ccc(-c4ccccc4)cc3)cc2c1/C=C(\C)c1ccccc1. The third-order valence-corrected chi connectivity index (χ3v) is 6.99. The van der Waals surface area contributed by atoms with Crippen LogP contribution in [0, 0.1) is 0 Å². The maximum absolute atomic E-state index is 4.06. The van der Waals surface area contributed by atoms with Gasteiger partial charge in [0.25, 0.3) is 0 Å². The van der Waals surface area contributed by atoms with Crippen LogP contribution >= 0.6 is 11.3 Å². The van der Waals surface area contributed by atoms with Crippen LogP contribution in [0.3, 0.4) is 0 Å². The molecule has 0 atom stereocenters. The molecule has 0 aliphatic carbocycles. The van der Waals surface area contributed by atoms with Gasteiger partial charge in [0.05, 0.1) is 0 Å². The minimum Gasteiger partial charge on any atom is -0.356 e. The Labute approximate surface area is 199 Å². The van der Waals surface area contributed by atoms with E-state index in [9.17, 15) is 0 Å². The molecule has 5 rings (SSSR count). The average Bonchev–Trinajstić information content (AvgIpc) is 3.22. The van der Waals surface area contributed by atoms with E-state index in [1.54, 1.807) is 11.3 Å². The molecule has 160 valence electrons. The predicted molar refractivity (Wildman–Crippen MR) is 147 cm³/mol. The number of nitrogens with one attached hydrogen (secondary N) is 1. The molecular weight excluding hydrogens is 418 g/mol. The Kier molecular flexibility index (Phi) is 5.93. The van der Waals surface area contributed by atoms with Crippen LogP contribution in [0.5, 0.6) is 0 Å². The van der Waals surface area contributed by atoms with Crippen molar-refractivity contribution < 1.29 is 0 Å². The van der Waals surface area contributed by atoms with E-state index in [2.05, 4.69) is 122 Å². The Morgan fingerprint density at radius 2 is 1.39 bits per heavy atom. The minimum absolute atomic E-state index is 1.07. The van der Waals surface area contributed by atoms with Crippen molar-refractivity contribution in [1.29, 1.82) is 0 Å². The van der Waals surface area contributed by atoms with Gasteiger partial charge < -0.3 is 5.32 Å². The van der Waals surface area contributed by atoms with E-state index < -0.39 is 0 Å². The van der Waals surface area contributed by atoms with E-state index in [-0.39, 0.29) is 0 Å². The first-order chi connectivity index (χ1) is 16.2. The van der Waals surface area contributed by atoms with Crippen molar-refractivity contribution in [1.82, 2.24) is 0 Å². The zero-order valence-corrected chi connectivity index (χ0v) is 19.4. The summed E-state index contributed by atoms with van der Waals surface area (Å²) < 4.78 is 1.27. The van der Waals surface area contributed by atoms with Crippen molar-refractivity contribution in [3.05, 3.63) is 126 Å². The summed E-state index contributed by atoms with van der Waals surface area (Å²) in [7, 11) is 0. The highest BCUT2D eigenvalue weighted by Gasteiger charge is 2.10. The molecule has 0 bridgehead atoms. The van der Waals surface area contributed by atoms with E-state index >= 15 is 0 Å². The van der Waals surface area contributed by atoms with Crippen LogP contribution in [0.25, 0.3) is 38.9 Å². The molecule has 5 aromatic rings. The van der Waals surface area contributed by atoms with E-state index in [1.165, 1.54) is 42.8 Å². The van der Waals surface area contributed by atoms with Crippen molar-refractivity contribution in [3.8, 4) is 11.1 Å². The zero-order chi connectivity index (χ0) is 22.6. The molecule has 0 spiro atoms. The van der Waals surface area contributed by atoms with Crippen LogP contribution in [0.15, 0.2) is 110 Å². The van der Waals surface area contributed by atoms with E-state index in [1.807, 2.05) is 12.1 Å². The van der Waals surface area contributed by atoms with Crippen LogP contribution in [0.1, 0.15) is 22.9 Å². The lowest BCUT2D eigenvalue weighted by molar-refractivity contribution is 1.55. The molecule has 0 saturated carbocycles. The topological polar surface area (TPSA) is 12.0 Å². The number of allylic oxidation sites excluding steroid dienone is 1. The van der Waals surface area contributed by atoms with Crippen LogP contribution in [0.4, 0.5) is 11.4 Å². The van der Waals surface area contributed by atoms with Crippen LogP contribution in [0.2, 0.25) is 0 Å². The highest BCUT2D eigenvalue weighted by Crippen LogP contribution is 2.37. The summed E-state index contributed by atoms with van der Waals surface area (Å²) in [6, 6.07) is 36.2. The molecule has 33 heavy (non-hydrogen) atoms. The molecular formula is C31H25NS. The fourth-order valence-corrected chi connectivity index (χ4v) is 5.07. The second-order valence-corrected chi connectivity index (χ2v) is 9.14. The largest absolute Gasteiger partial charge is 0.356 e. The van der Waals surface area contributed by atoms with Crippen molar-refractivity contribution in [2.45, 2.75) is 6.92 Å². The first kappa shape index (κ1) is 21.0. The molecule has 2 heteroatoms. The van der Waals surface area contributed by atoms with E-state index in [4.69, 9.17) is 0 Å². The van der Waals surface area contributed by atoms with Gasteiger partial charge >= 0.3 is 0 Å². The summed E-state index contributed by atoms with van der Waals surface area (Å²) in [4.78, 5) is 1.20. The summed E-state index contributed by atoms with van der Waals surface area (Å²) in [5.41, 5.74) is 8.31. The standard InChI is InChI=1S/C31H25NS/c1-3-30-28(20-22(2)23-10-6-4-7-11-23)29-21-27(18-19-31(29)33-30)32-26-16-14-25(15-17-26)24-12-8-5-9-13-24/h3-21,32H,1H2,2H3/b22-20+. The Bertz CT molecular complexity index is 1430. The molecule has 0 unspecified atom stereocenters. The van der Waals surface area contributed by atoms with Crippen LogP contribution in [-0.2, 0) is 0 Å². The van der Waals surface area contributed by atoms with E-state index in [0.29, 0.717) is 0 Å². The number of thiophene rings is 1. The van der Waals surface area contributed by atoms with Gasteiger partial charge in [0, 0.05) is 31.9 Å². The van der Waals surface area contributed by atoms with Crippen molar-refractivity contribution >= 4 is 50.5 Å². The lowest BCUT2D eigenvalue weighted by Crippen LogP contribution is -1.90. The summed E-state index contributed by atoms with van der Waals surface area (Å²) in [5.74, 6) is 0. The fraction of sp³-hybridized carbons (Fsp3) is 0.0323. The zero-order valence-electron chi connectivity index (χ0n) is 18.6. The van der Waals surface area contributed by atoms with Gasteiger partial charge in [-0.15, -0.1) is 11.3 Å². The Hall–Kier alpha value is -3.88. The van der Waals surface area contributed by atoms with Gasteiger partial charge in [-0.25, -0.2) is 0 Å². The molecule has 1 heterocycles. The summed E-state index contributed by atoms with van der Waals surface area (Å²) in [5, 5.41) is 4.82. The molecule has 1 nitrogen and oxygen atoms in total. The highest BCUT2D eigenvalue weighted by atomic mass is 32.1. The van der Waals surface area contributed by atoms with Gasteiger partial charge in [-0.1, -0.05) is 85.5 Å². The molecule has 1 N–H and O–H groups in total.